The molecule has 0 aliphatic rings. The van der Waals surface area contributed by atoms with Crippen molar-refractivity contribution in [2.45, 2.75) is 26.8 Å². The van der Waals surface area contributed by atoms with Gasteiger partial charge < -0.3 is 10.6 Å². The average molecular weight is 373 g/mol. The number of carbonyl (C=O) groups excluding carboxylic acids is 2. The van der Waals surface area contributed by atoms with Crippen molar-refractivity contribution >= 4 is 17.5 Å². The van der Waals surface area contributed by atoms with Crippen molar-refractivity contribution in [3.63, 3.8) is 0 Å². The number of aromatic nitrogens is 1. The molecule has 0 spiro atoms. The molecule has 28 heavy (non-hydrogen) atoms. The van der Waals surface area contributed by atoms with Crippen LogP contribution < -0.4 is 10.6 Å². The zero-order valence-corrected chi connectivity index (χ0v) is 16.0. The van der Waals surface area contributed by atoms with Gasteiger partial charge >= 0.3 is 0 Å². The molecule has 0 radical (unpaired) electrons. The van der Waals surface area contributed by atoms with Crippen LogP contribution in [0.25, 0.3) is 0 Å². The maximum Gasteiger partial charge on any atom is 0.270 e. The van der Waals surface area contributed by atoms with Gasteiger partial charge in [-0.15, -0.1) is 0 Å². The lowest BCUT2D eigenvalue weighted by Crippen LogP contribution is -2.25. The molecule has 0 aliphatic heterocycles. The molecule has 142 valence electrons. The van der Waals surface area contributed by atoms with Crippen LogP contribution in [0, 0.1) is 6.92 Å². The summed E-state index contributed by atoms with van der Waals surface area (Å²) in [6, 6.07) is 18.6. The van der Waals surface area contributed by atoms with Gasteiger partial charge in [0.2, 0.25) is 0 Å². The van der Waals surface area contributed by atoms with E-state index in [-0.39, 0.29) is 17.5 Å². The van der Waals surface area contributed by atoms with Gasteiger partial charge in [0.05, 0.1) is 0 Å². The van der Waals surface area contributed by atoms with Crippen molar-refractivity contribution in [3.8, 4) is 0 Å². The topological polar surface area (TPSA) is 71.1 Å². The quantitative estimate of drug-likeness (QED) is 0.682. The standard InChI is InChI=1S/C23H23N3O2/c1-3-17-9-6-7-11-20(17)26-22(27)18-12-13-24-21(14-18)23(28)25-15-19-10-5-4-8-16(19)2/h4-14H,3,15H2,1-2H3,(H,25,28)(H,26,27). The Morgan fingerprint density at radius 3 is 2.39 bits per heavy atom. The molecule has 2 aromatic carbocycles. The lowest BCUT2D eigenvalue weighted by Gasteiger charge is -2.11. The smallest absolute Gasteiger partial charge is 0.270 e. The molecule has 1 aromatic heterocycles. The molecule has 5 heteroatoms. The fourth-order valence-electron chi connectivity index (χ4n) is 2.92. The molecule has 0 bridgehead atoms. The molecule has 5 nitrogen and oxygen atoms in total. The van der Waals surface area contributed by atoms with E-state index in [0.717, 1.165) is 28.8 Å². The van der Waals surface area contributed by atoms with Gasteiger partial charge in [0.25, 0.3) is 11.8 Å². The van der Waals surface area contributed by atoms with E-state index in [2.05, 4.69) is 15.6 Å². The fraction of sp³-hybridized carbons (Fsp3) is 0.174. The third-order valence-electron chi connectivity index (χ3n) is 4.60. The summed E-state index contributed by atoms with van der Waals surface area (Å²) in [6.07, 6.45) is 2.29. The van der Waals surface area contributed by atoms with Crippen molar-refractivity contribution in [2.75, 3.05) is 5.32 Å². The van der Waals surface area contributed by atoms with Crippen LogP contribution in [0.3, 0.4) is 0 Å². The predicted molar refractivity (Wildman–Crippen MR) is 110 cm³/mol. The van der Waals surface area contributed by atoms with Gasteiger partial charge in [-0.2, -0.15) is 0 Å². The number of anilines is 1. The van der Waals surface area contributed by atoms with E-state index in [1.54, 1.807) is 6.07 Å². The number of carbonyl (C=O) groups is 2. The highest BCUT2D eigenvalue weighted by molar-refractivity contribution is 6.06. The fourth-order valence-corrected chi connectivity index (χ4v) is 2.92. The van der Waals surface area contributed by atoms with Crippen LogP contribution in [0.5, 0.6) is 0 Å². The van der Waals surface area contributed by atoms with Crippen LogP contribution in [0.15, 0.2) is 66.9 Å². The maximum absolute atomic E-state index is 12.6. The number of nitrogens with zero attached hydrogens (tertiary/aromatic N) is 1. The summed E-state index contributed by atoms with van der Waals surface area (Å²) in [5, 5.41) is 5.77. The Kier molecular flexibility index (Phi) is 6.17. The summed E-state index contributed by atoms with van der Waals surface area (Å²) in [4.78, 5) is 29.2. The molecule has 0 fully saturated rings. The summed E-state index contributed by atoms with van der Waals surface area (Å²) in [5.41, 5.74) is 4.59. The summed E-state index contributed by atoms with van der Waals surface area (Å²) >= 11 is 0. The number of nitrogens with one attached hydrogen (secondary N) is 2. The maximum atomic E-state index is 12.6. The van der Waals surface area contributed by atoms with Crippen LogP contribution in [0.1, 0.15) is 44.5 Å². The third kappa shape index (κ3) is 4.62. The predicted octanol–water partition coefficient (Wildman–Crippen LogP) is 4.13. The van der Waals surface area contributed by atoms with Gasteiger partial charge in [-0.05, 0) is 48.2 Å². The number of para-hydroxylation sites is 1. The lowest BCUT2D eigenvalue weighted by atomic mass is 10.1. The van der Waals surface area contributed by atoms with Crippen molar-refractivity contribution in [1.29, 1.82) is 0 Å². The Labute approximate surface area is 164 Å². The number of hydrogen-bond donors (Lipinski definition) is 2. The Bertz CT molecular complexity index is 998. The van der Waals surface area contributed by atoms with E-state index in [9.17, 15) is 9.59 Å². The van der Waals surface area contributed by atoms with E-state index in [1.807, 2.05) is 62.4 Å². The Balaban J connectivity index is 1.70. The van der Waals surface area contributed by atoms with Gasteiger partial charge in [-0.3, -0.25) is 14.6 Å². The van der Waals surface area contributed by atoms with Gasteiger partial charge in [-0.1, -0.05) is 49.4 Å². The number of benzene rings is 2. The third-order valence-corrected chi connectivity index (χ3v) is 4.60. The van der Waals surface area contributed by atoms with Crippen LogP contribution in [-0.4, -0.2) is 16.8 Å². The highest BCUT2D eigenvalue weighted by atomic mass is 16.2. The molecule has 0 unspecified atom stereocenters. The van der Waals surface area contributed by atoms with E-state index in [0.29, 0.717) is 12.1 Å². The second-order valence-electron chi connectivity index (χ2n) is 6.50. The second-order valence-corrected chi connectivity index (χ2v) is 6.50. The van der Waals surface area contributed by atoms with Crippen molar-refractivity contribution in [3.05, 3.63) is 94.8 Å². The number of hydrogen-bond acceptors (Lipinski definition) is 3. The summed E-state index contributed by atoms with van der Waals surface area (Å²) in [6.45, 7) is 4.45. The molecule has 2 N–H and O–H groups in total. The summed E-state index contributed by atoms with van der Waals surface area (Å²) in [5.74, 6) is -0.580. The van der Waals surface area contributed by atoms with Gasteiger partial charge in [0.1, 0.15) is 5.69 Å². The molecule has 1 heterocycles. The van der Waals surface area contributed by atoms with Gasteiger partial charge in [-0.25, -0.2) is 0 Å². The Hall–Kier alpha value is -3.47. The second kappa shape index (κ2) is 8.95. The molecule has 0 saturated carbocycles. The van der Waals surface area contributed by atoms with Crippen LogP contribution >= 0.6 is 0 Å². The average Bonchev–Trinajstić information content (AvgIpc) is 2.73. The van der Waals surface area contributed by atoms with Crippen LogP contribution in [0.4, 0.5) is 5.69 Å². The molecule has 2 amide bonds. The molecule has 3 rings (SSSR count). The monoisotopic (exact) mass is 373 g/mol. The van der Waals surface area contributed by atoms with Crippen molar-refractivity contribution in [2.24, 2.45) is 0 Å². The largest absolute Gasteiger partial charge is 0.347 e. The highest BCUT2D eigenvalue weighted by Gasteiger charge is 2.13. The zero-order chi connectivity index (χ0) is 19.9. The number of pyridine rings is 1. The normalized spacial score (nSPS) is 10.4. The number of aryl methyl sites for hydroxylation is 2. The van der Waals surface area contributed by atoms with Crippen molar-refractivity contribution < 1.29 is 9.59 Å². The summed E-state index contributed by atoms with van der Waals surface area (Å²) in [7, 11) is 0. The minimum Gasteiger partial charge on any atom is -0.347 e. The van der Waals surface area contributed by atoms with Crippen molar-refractivity contribution in [1.82, 2.24) is 10.3 Å². The molecule has 0 atom stereocenters. The molecule has 0 saturated heterocycles. The lowest BCUT2D eigenvalue weighted by molar-refractivity contribution is 0.0946. The Morgan fingerprint density at radius 1 is 0.929 bits per heavy atom. The zero-order valence-electron chi connectivity index (χ0n) is 16.0. The number of amides is 2. The molecular formula is C23H23N3O2. The first-order valence-electron chi connectivity index (χ1n) is 9.26. The molecule has 3 aromatic rings. The molecular weight excluding hydrogens is 350 g/mol. The summed E-state index contributed by atoms with van der Waals surface area (Å²) < 4.78 is 0. The highest BCUT2D eigenvalue weighted by Crippen LogP contribution is 2.17. The van der Waals surface area contributed by atoms with Gasteiger partial charge in [0, 0.05) is 24.0 Å². The van der Waals surface area contributed by atoms with E-state index >= 15 is 0 Å². The first-order chi connectivity index (χ1) is 13.6. The SMILES string of the molecule is CCc1ccccc1NC(=O)c1ccnc(C(=O)NCc2ccccc2C)c1. The molecule has 0 aliphatic carbocycles. The minimum absolute atomic E-state index is 0.213. The number of rotatable bonds is 6. The Morgan fingerprint density at radius 2 is 1.64 bits per heavy atom. The van der Waals surface area contributed by atoms with E-state index in [1.165, 1.54) is 12.3 Å². The first-order valence-corrected chi connectivity index (χ1v) is 9.26. The first kappa shape index (κ1) is 19.3. The minimum atomic E-state index is -0.313. The van der Waals surface area contributed by atoms with E-state index in [4.69, 9.17) is 0 Å². The van der Waals surface area contributed by atoms with E-state index < -0.39 is 0 Å². The van der Waals surface area contributed by atoms with Crippen LogP contribution in [-0.2, 0) is 13.0 Å². The van der Waals surface area contributed by atoms with Gasteiger partial charge in [0.15, 0.2) is 0 Å². The van der Waals surface area contributed by atoms with Crippen LogP contribution in [0.2, 0.25) is 0 Å².